The molecule has 4 rings (SSSR count). The smallest absolute Gasteiger partial charge is 0.274 e. The second-order valence-corrected chi connectivity index (χ2v) is 7.16. The molecule has 31 heavy (non-hydrogen) atoms. The van der Waals surface area contributed by atoms with Gasteiger partial charge in [-0.05, 0) is 36.2 Å². The summed E-state index contributed by atoms with van der Waals surface area (Å²) in [5.74, 6) is -0.250. The van der Waals surface area contributed by atoms with Crippen LogP contribution in [0.5, 0.6) is 0 Å². The van der Waals surface area contributed by atoms with Crippen LogP contribution >= 0.6 is 0 Å². The molecule has 1 amide bonds. The number of nitrogens with one attached hydrogen (secondary N) is 3. The first-order valence-corrected chi connectivity index (χ1v) is 10.2. The maximum absolute atomic E-state index is 13.3. The fourth-order valence-corrected chi connectivity index (χ4v) is 3.43. The van der Waals surface area contributed by atoms with Crippen LogP contribution in [0.15, 0.2) is 55.0 Å². The number of benzene rings is 1. The number of hydrogen-bond acceptors (Lipinski definition) is 7. The van der Waals surface area contributed by atoms with Crippen LogP contribution in [0.3, 0.4) is 0 Å². The number of aromatic nitrogens is 3. The molecule has 1 aliphatic heterocycles. The van der Waals surface area contributed by atoms with E-state index >= 15 is 0 Å². The van der Waals surface area contributed by atoms with Crippen molar-refractivity contribution in [1.29, 1.82) is 0 Å². The molecule has 0 bridgehead atoms. The first-order valence-electron chi connectivity index (χ1n) is 10.2. The van der Waals surface area contributed by atoms with Crippen LogP contribution in [0.2, 0.25) is 0 Å². The highest BCUT2D eigenvalue weighted by molar-refractivity contribution is 6.04. The quantitative estimate of drug-likeness (QED) is 0.539. The lowest BCUT2D eigenvalue weighted by molar-refractivity contribution is 0.102. The normalized spacial score (nSPS) is 13.6. The van der Waals surface area contributed by atoms with Crippen molar-refractivity contribution in [2.24, 2.45) is 0 Å². The molecule has 3 N–H and O–H groups in total. The largest absolute Gasteiger partial charge is 0.367 e. The molecule has 1 fully saturated rings. The number of piperazine rings is 1. The topological polar surface area (TPSA) is 95.1 Å². The molecule has 1 saturated heterocycles. The minimum Gasteiger partial charge on any atom is -0.367 e. The molecule has 0 unspecified atom stereocenters. The molecule has 3 heterocycles. The summed E-state index contributed by atoms with van der Waals surface area (Å²) in [5, 5.41) is 9.32. The van der Waals surface area contributed by atoms with E-state index in [1.165, 1.54) is 18.3 Å². The number of anilines is 3. The Labute approximate surface area is 179 Å². The predicted molar refractivity (Wildman–Crippen MR) is 118 cm³/mol. The first-order chi connectivity index (χ1) is 15.2. The van der Waals surface area contributed by atoms with Gasteiger partial charge in [0.25, 0.3) is 5.91 Å². The number of pyridine rings is 1. The predicted octanol–water partition coefficient (Wildman–Crippen LogP) is 2.33. The Morgan fingerprint density at radius 1 is 1.16 bits per heavy atom. The Balaban J connectivity index is 1.39. The van der Waals surface area contributed by atoms with Crippen LogP contribution in [0.25, 0.3) is 0 Å². The molecule has 3 aromatic rings. The zero-order valence-electron chi connectivity index (χ0n) is 17.0. The highest BCUT2D eigenvalue weighted by atomic mass is 19.1. The molecule has 8 nitrogen and oxygen atoms in total. The van der Waals surface area contributed by atoms with Gasteiger partial charge in [-0.2, -0.15) is 0 Å². The van der Waals surface area contributed by atoms with Crippen molar-refractivity contribution in [3.05, 3.63) is 72.1 Å². The van der Waals surface area contributed by atoms with Gasteiger partial charge in [0, 0.05) is 45.1 Å². The van der Waals surface area contributed by atoms with Crippen LogP contribution in [-0.2, 0) is 6.42 Å². The number of rotatable bonds is 7. The third-order valence-corrected chi connectivity index (χ3v) is 4.98. The van der Waals surface area contributed by atoms with Crippen molar-refractivity contribution in [1.82, 2.24) is 20.3 Å². The van der Waals surface area contributed by atoms with E-state index in [2.05, 4.69) is 35.8 Å². The van der Waals surface area contributed by atoms with Gasteiger partial charge >= 0.3 is 0 Å². The van der Waals surface area contributed by atoms with Gasteiger partial charge in [0.2, 0.25) is 5.95 Å². The summed E-state index contributed by atoms with van der Waals surface area (Å²) in [7, 11) is 0. The molecule has 1 aromatic carbocycles. The summed E-state index contributed by atoms with van der Waals surface area (Å²) in [6, 6.07) is 9.92. The molecule has 0 spiro atoms. The van der Waals surface area contributed by atoms with Crippen molar-refractivity contribution < 1.29 is 9.18 Å². The van der Waals surface area contributed by atoms with Crippen LogP contribution < -0.4 is 20.9 Å². The van der Waals surface area contributed by atoms with Crippen molar-refractivity contribution >= 4 is 23.2 Å². The minimum absolute atomic E-state index is 0.248. The van der Waals surface area contributed by atoms with Crippen LogP contribution in [0.4, 0.5) is 21.7 Å². The van der Waals surface area contributed by atoms with Crippen molar-refractivity contribution in [2.75, 3.05) is 48.3 Å². The Bertz CT molecular complexity index is 1040. The van der Waals surface area contributed by atoms with Gasteiger partial charge in [-0.3, -0.25) is 9.78 Å². The van der Waals surface area contributed by atoms with Gasteiger partial charge in [-0.25, -0.2) is 14.4 Å². The Kier molecular flexibility index (Phi) is 6.63. The summed E-state index contributed by atoms with van der Waals surface area (Å²) >= 11 is 0. The monoisotopic (exact) mass is 421 g/mol. The first kappa shape index (κ1) is 20.7. The molecule has 1 aliphatic rings. The van der Waals surface area contributed by atoms with E-state index < -0.39 is 0 Å². The highest BCUT2D eigenvalue weighted by Gasteiger charge is 2.17. The van der Waals surface area contributed by atoms with Crippen LogP contribution in [0, 0.1) is 5.82 Å². The average Bonchev–Trinajstić information content (AvgIpc) is 2.80. The lowest BCUT2D eigenvalue weighted by Crippen LogP contribution is -2.43. The summed E-state index contributed by atoms with van der Waals surface area (Å²) in [4.78, 5) is 27.6. The van der Waals surface area contributed by atoms with E-state index in [4.69, 9.17) is 0 Å². The number of carbonyl (C=O) groups excluding carboxylic acids is 1. The highest BCUT2D eigenvalue weighted by Crippen LogP contribution is 2.25. The second-order valence-electron chi connectivity index (χ2n) is 7.16. The Hall–Kier alpha value is -3.59. The second kappa shape index (κ2) is 9.94. The maximum Gasteiger partial charge on any atom is 0.274 e. The minimum atomic E-state index is -0.333. The number of halogens is 1. The van der Waals surface area contributed by atoms with Crippen molar-refractivity contribution in [3.8, 4) is 0 Å². The Morgan fingerprint density at radius 2 is 2.03 bits per heavy atom. The lowest BCUT2D eigenvalue weighted by Gasteiger charge is -2.30. The number of nitrogens with zero attached hydrogens (tertiary/aromatic N) is 4. The third kappa shape index (κ3) is 5.52. The summed E-state index contributed by atoms with van der Waals surface area (Å²) in [5.41, 5.74) is 2.71. The van der Waals surface area contributed by atoms with E-state index in [0.717, 1.165) is 37.4 Å². The fraction of sp³-hybridized carbons (Fsp3) is 0.273. The average molecular weight is 421 g/mol. The maximum atomic E-state index is 13.3. The molecule has 0 saturated carbocycles. The van der Waals surface area contributed by atoms with E-state index in [1.54, 1.807) is 24.5 Å². The zero-order chi connectivity index (χ0) is 21.5. The van der Waals surface area contributed by atoms with Crippen LogP contribution in [0.1, 0.15) is 16.1 Å². The summed E-state index contributed by atoms with van der Waals surface area (Å²) < 4.78 is 13.3. The molecule has 0 atom stereocenters. The lowest BCUT2D eigenvalue weighted by atomic mass is 10.1. The number of hydrogen-bond donors (Lipinski definition) is 3. The molecule has 160 valence electrons. The molecule has 0 radical (unpaired) electrons. The molecular formula is C22H24FN7O. The van der Waals surface area contributed by atoms with Gasteiger partial charge in [0.05, 0.1) is 17.6 Å². The molecular weight excluding hydrogens is 397 g/mol. The number of amides is 1. The Morgan fingerprint density at radius 3 is 2.87 bits per heavy atom. The zero-order valence-corrected chi connectivity index (χ0v) is 17.0. The summed E-state index contributed by atoms with van der Waals surface area (Å²) in [6.45, 7) is 4.03. The molecule has 2 aromatic heterocycles. The van der Waals surface area contributed by atoms with Gasteiger partial charge in [0.1, 0.15) is 11.5 Å². The van der Waals surface area contributed by atoms with Gasteiger partial charge in [-0.1, -0.05) is 12.1 Å². The van der Waals surface area contributed by atoms with Crippen molar-refractivity contribution in [3.63, 3.8) is 0 Å². The third-order valence-electron chi connectivity index (χ3n) is 4.98. The van der Waals surface area contributed by atoms with E-state index in [-0.39, 0.29) is 17.4 Å². The standard InChI is InChI=1S/C22H24FN7O/c23-17-3-1-2-16(14-17)4-8-26-22-27-9-5-18(29-22)21(31)28-19-15-25-7-6-20(19)30-12-10-24-11-13-30/h1-3,5-7,9,14-15,24H,4,8,10-13H2,(H,28,31)(H,26,27,29). The molecule has 0 aliphatic carbocycles. The van der Waals surface area contributed by atoms with E-state index in [0.29, 0.717) is 24.6 Å². The van der Waals surface area contributed by atoms with Crippen molar-refractivity contribution in [2.45, 2.75) is 6.42 Å². The van der Waals surface area contributed by atoms with Gasteiger partial charge in [-0.15, -0.1) is 0 Å². The fourth-order valence-electron chi connectivity index (χ4n) is 3.43. The van der Waals surface area contributed by atoms with Crippen LogP contribution in [-0.4, -0.2) is 53.6 Å². The van der Waals surface area contributed by atoms with Gasteiger partial charge < -0.3 is 20.9 Å². The number of carbonyl (C=O) groups is 1. The van der Waals surface area contributed by atoms with E-state index in [1.807, 2.05) is 12.1 Å². The SMILES string of the molecule is O=C(Nc1cnccc1N1CCNCC1)c1ccnc(NCCc2cccc(F)c2)n1. The summed E-state index contributed by atoms with van der Waals surface area (Å²) in [6.07, 6.45) is 5.52. The van der Waals surface area contributed by atoms with Gasteiger partial charge in [0.15, 0.2) is 0 Å². The van der Waals surface area contributed by atoms with E-state index in [9.17, 15) is 9.18 Å². The molecule has 9 heteroatoms.